The highest BCUT2D eigenvalue weighted by molar-refractivity contribution is 7.89. The molecule has 26 heavy (non-hydrogen) atoms. The molecule has 2 aromatic heterocycles. The molecule has 1 N–H and O–H groups in total. The van der Waals surface area contributed by atoms with Gasteiger partial charge in [0.15, 0.2) is 11.5 Å². The van der Waals surface area contributed by atoms with Crippen molar-refractivity contribution in [3.8, 4) is 11.5 Å². The Morgan fingerprint density at radius 2 is 1.92 bits per heavy atom. The Labute approximate surface area is 152 Å². The highest BCUT2D eigenvalue weighted by Crippen LogP contribution is 2.29. The molecular formula is C18H21N3O4S. The number of hydrogen-bond donors (Lipinski definition) is 1. The SMILES string of the molecule is COc1ccc(S(=O)(=O)NCCCc2ncc3ccccn23)cc1OC. The molecule has 0 saturated heterocycles. The van der Waals surface area contributed by atoms with E-state index in [1.54, 1.807) is 6.07 Å². The number of aromatic nitrogens is 2. The molecule has 3 rings (SSSR count). The molecular weight excluding hydrogens is 354 g/mol. The summed E-state index contributed by atoms with van der Waals surface area (Å²) in [6, 6.07) is 10.4. The minimum atomic E-state index is -3.61. The lowest BCUT2D eigenvalue weighted by Gasteiger charge is -2.11. The quantitative estimate of drug-likeness (QED) is 0.611. The van der Waals surface area contributed by atoms with Crippen LogP contribution in [0, 0.1) is 0 Å². The van der Waals surface area contributed by atoms with Gasteiger partial charge < -0.3 is 13.9 Å². The van der Waals surface area contributed by atoms with E-state index in [4.69, 9.17) is 9.47 Å². The van der Waals surface area contributed by atoms with E-state index >= 15 is 0 Å². The van der Waals surface area contributed by atoms with Crippen molar-refractivity contribution < 1.29 is 17.9 Å². The first-order valence-corrected chi connectivity index (χ1v) is 9.66. The van der Waals surface area contributed by atoms with Crippen LogP contribution in [0.1, 0.15) is 12.2 Å². The fourth-order valence-corrected chi connectivity index (χ4v) is 3.79. The molecule has 0 spiro atoms. The lowest BCUT2D eigenvalue weighted by molar-refractivity contribution is 0.354. The predicted molar refractivity (Wildman–Crippen MR) is 98.2 cm³/mol. The van der Waals surface area contributed by atoms with Crippen molar-refractivity contribution in [3.63, 3.8) is 0 Å². The van der Waals surface area contributed by atoms with E-state index in [1.165, 1.54) is 26.4 Å². The van der Waals surface area contributed by atoms with Gasteiger partial charge in [0.05, 0.1) is 30.8 Å². The molecule has 0 unspecified atom stereocenters. The summed E-state index contributed by atoms with van der Waals surface area (Å²) in [6.07, 6.45) is 5.07. The van der Waals surface area contributed by atoms with Gasteiger partial charge in [0.2, 0.25) is 10.0 Å². The minimum Gasteiger partial charge on any atom is -0.493 e. The Balaban J connectivity index is 1.62. The van der Waals surface area contributed by atoms with Crippen LogP contribution < -0.4 is 14.2 Å². The van der Waals surface area contributed by atoms with E-state index in [2.05, 4.69) is 9.71 Å². The number of pyridine rings is 1. The number of rotatable bonds is 8. The van der Waals surface area contributed by atoms with Crippen LogP contribution in [0.2, 0.25) is 0 Å². The summed E-state index contributed by atoms with van der Waals surface area (Å²) in [5.41, 5.74) is 1.02. The molecule has 0 atom stereocenters. The van der Waals surface area contributed by atoms with E-state index in [0.29, 0.717) is 30.9 Å². The number of nitrogens with zero attached hydrogens (tertiary/aromatic N) is 2. The molecule has 7 nitrogen and oxygen atoms in total. The van der Waals surface area contributed by atoms with E-state index in [9.17, 15) is 8.42 Å². The van der Waals surface area contributed by atoms with E-state index in [0.717, 1.165) is 11.3 Å². The van der Waals surface area contributed by atoms with Gasteiger partial charge in [-0.15, -0.1) is 0 Å². The largest absolute Gasteiger partial charge is 0.493 e. The second-order valence-electron chi connectivity index (χ2n) is 5.69. The van der Waals surface area contributed by atoms with Crippen LogP contribution in [0.5, 0.6) is 11.5 Å². The average molecular weight is 375 g/mol. The molecule has 2 heterocycles. The Morgan fingerprint density at radius 3 is 2.69 bits per heavy atom. The summed E-state index contributed by atoms with van der Waals surface area (Å²) in [6.45, 7) is 0.318. The lowest BCUT2D eigenvalue weighted by atomic mass is 10.3. The maximum atomic E-state index is 12.4. The number of fused-ring (bicyclic) bond motifs is 1. The normalized spacial score (nSPS) is 11.6. The first-order chi connectivity index (χ1) is 12.5. The number of sulfonamides is 1. The fraction of sp³-hybridized carbons (Fsp3) is 0.278. The first-order valence-electron chi connectivity index (χ1n) is 8.18. The highest BCUT2D eigenvalue weighted by atomic mass is 32.2. The zero-order chi connectivity index (χ0) is 18.6. The van der Waals surface area contributed by atoms with Crippen LogP contribution in [0.4, 0.5) is 0 Å². The van der Waals surface area contributed by atoms with Crippen molar-refractivity contribution in [1.82, 2.24) is 14.1 Å². The summed E-state index contributed by atoms with van der Waals surface area (Å²) in [5, 5.41) is 0. The van der Waals surface area contributed by atoms with Gasteiger partial charge in [-0.3, -0.25) is 0 Å². The van der Waals surface area contributed by atoms with E-state index in [1.807, 2.05) is 35.0 Å². The maximum absolute atomic E-state index is 12.4. The van der Waals surface area contributed by atoms with E-state index < -0.39 is 10.0 Å². The monoisotopic (exact) mass is 375 g/mol. The van der Waals surface area contributed by atoms with Crippen LogP contribution in [0.25, 0.3) is 5.52 Å². The standard InChI is InChI=1S/C18H21N3O4S/c1-24-16-9-8-15(12-17(16)25-2)26(22,23)20-10-5-7-18-19-13-14-6-3-4-11-21(14)18/h3-4,6,8-9,11-13,20H,5,7,10H2,1-2H3. The lowest BCUT2D eigenvalue weighted by Crippen LogP contribution is -2.25. The van der Waals surface area contributed by atoms with Crippen molar-refractivity contribution in [3.05, 3.63) is 54.6 Å². The Bertz CT molecular complexity index is 999. The summed E-state index contributed by atoms with van der Waals surface area (Å²) in [4.78, 5) is 4.52. The van der Waals surface area contributed by atoms with Gasteiger partial charge in [0, 0.05) is 25.2 Å². The number of nitrogens with one attached hydrogen (secondary N) is 1. The van der Waals surface area contributed by atoms with Gasteiger partial charge in [0.1, 0.15) is 5.82 Å². The van der Waals surface area contributed by atoms with E-state index in [-0.39, 0.29) is 4.90 Å². The van der Waals surface area contributed by atoms with Crippen molar-refractivity contribution in [2.24, 2.45) is 0 Å². The molecule has 0 aliphatic heterocycles. The molecule has 138 valence electrons. The zero-order valence-corrected chi connectivity index (χ0v) is 15.5. The van der Waals surface area contributed by atoms with Crippen LogP contribution >= 0.6 is 0 Å². The number of ether oxygens (including phenoxy) is 2. The second-order valence-corrected chi connectivity index (χ2v) is 7.46. The third-order valence-electron chi connectivity index (χ3n) is 4.05. The van der Waals surface area contributed by atoms with Gasteiger partial charge >= 0.3 is 0 Å². The van der Waals surface area contributed by atoms with Crippen LogP contribution in [0.15, 0.2) is 53.7 Å². The van der Waals surface area contributed by atoms with Gasteiger partial charge in [-0.25, -0.2) is 18.1 Å². The number of aryl methyl sites for hydroxylation is 1. The van der Waals surface area contributed by atoms with Crippen LogP contribution in [-0.2, 0) is 16.4 Å². The van der Waals surface area contributed by atoms with Crippen LogP contribution in [0.3, 0.4) is 0 Å². The molecule has 0 fully saturated rings. The summed E-state index contributed by atoms with van der Waals surface area (Å²) < 4.78 is 39.8. The molecule has 0 aliphatic carbocycles. The number of methoxy groups -OCH3 is 2. The number of imidazole rings is 1. The molecule has 1 aromatic carbocycles. The molecule has 0 radical (unpaired) electrons. The van der Waals surface area contributed by atoms with Gasteiger partial charge in [-0.1, -0.05) is 6.07 Å². The maximum Gasteiger partial charge on any atom is 0.240 e. The zero-order valence-electron chi connectivity index (χ0n) is 14.7. The average Bonchev–Trinajstić information content (AvgIpc) is 3.08. The highest BCUT2D eigenvalue weighted by Gasteiger charge is 2.16. The third kappa shape index (κ3) is 3.81. The summed E-state index contributed by atoms with van der Waals surface area (Å²) in [7, 11) is -0.642. The smallest absolute Gasteiger partial charge is 0.240 e. The number of hydrogen-bond acceptors (Lipinski definition) is 5. The Hall–Kier alpha value is -2.58. The summed E-state index contributed by atoms with van der Waals surface area (Å²) >= 11 is 0. The van der Waals surface area contributed by atoms with Gasteiger partial charge in [-0.05, 0) is 30.7 Å². The summed E-state index contributed by atoms with van der Waals surface area (Å²) in [5.74, 6) is 1.77. The van der Waals surface area contributed by atoms with Crippen molar-refractivity contribution in [1.29, 1.82) is 0 Å². The predicted octanol–water partition coefficient (Wildman–Crippen LogP) is 2.26. The second kappa shape index (κ2) is 7.76. The van der Waals surface area contributed by atoms with Crippen molar-refractivity contribution in [2.75, 3.05) is 20.8 Å². The first kappa shape index (κ1) is 18.2. The molecule has 0 aliphatic rings. The van der Waals surface area contributed by atoms with Crippen molar-refractivity contribution >= 4 is 15.5 Å². The fourth-order valence-electron chi connectivity index (χ4n) is 2.70. The third-order valence-corrected chi connectivity index (χ3v) is 5.51. The van der Waals surface area contributed by atoms with Crippen molar-refractivity contribution in [2.45, 2.75) is 17.7 Å². The van der Waals surface area contributed by atoms with Crippen LogP contribution in [-0.4, -0.2) is 38.6 Å². The molecule has 0 bridgehead atoms. The topological polar surface area (TPSA) is 81.9 Å². The molecule has 0 saturated carbocycles. The molecule has 0 amide bonds. The minimum absolute atomic E-state index is 0.140. The number of benzene rings is 1. The molecule has 8 heteroatoms. The Morgan fingerprint density at radius 1 is 1.12 bits per heavy atom. The molecule has 3 aromatic rings. The van der Waals surface area contributed by atoms with Gasteiger partial charge in [0.25, 0.3) is 0 Å². The van der Waals surface area contributed by atoms with Gasteiger partial charge in [-0.2, -0.15) is 0 Å². The Kier molecular flexibility index (Phi) is 5.43.